The molecular weight excluding hydrogens is 339 g/mol. The van der Waals surface area contributed by atoms with Crippen LogP contribution in [0.3, 0.4) is 0 Å². The van der Waals surface area contributed by atoms with Crippen LogP contribution in [0.5, 0.6) is 0 Å². The molecule has 2 heterocycles. The van der Waals surface area contributed by atoms with Crippen molar-refractivity contribution in [3.8, 4) is 0 Å². The molecule has 136 valence electrons. The van der Waals surface area contributed by atoms with Crippen molar-refractivity contribution >= 4 is 0 Å². The molecular formula is C16H18F3N3O3. The van der Waals surface area contributed by atoms with Crippen LogP contribution in [0.1, 0.15) is 36.8 Å². The smallest absolute Gasteiger partial charge is 0.382 e. The molecule has 6 nitrogen and oxygen atoms in total. The Morgan fingerprint density at radius 2 is 2.00 bits per heavy atom. The third kappa shape index (κ3) is 4.17. The highest BCUT2D eigenvalue weighted by molar-refractivity contribution is 5.29. The molecule has 3 rings (SSSR count). The number of rotatable bonds is 4. The minimum atomic E-state index is -4.41. The molecule has 1 aliphatic rings. The van der Waals surface area contributed by atoms with E-state index in [4.69, 9.17) is 9.47 Å². The predicted octanol–water partition coefficient (Wildman–Crippen LogP) is 2.53. The molecule has 9 heteroatoms. The third-order valence-electron chi connectivity index (χ3n) is 3.85. The number of hydrogen-bond donors (Lipinski definition) is 1. The predicted molar refractivity (Wildman–Crippen MR) is 80.4 cm³/mol. The average Bonchev–Trinajstić information content (AvgIpc) is 3.12. The first-order valence-electron chi connectivity index (χ1n) is 7.71. The van der Waals surface area contributed by atoms with Crippen molar-refractivity contribution in [1.82, 2.24) is 15.0 Å². The molecule has 0 bridgehead atoms. The van der Waals surface area contributed by atoms with Crippen LogP contribution in [-0.4, -0.2) is 38.6 Å². The maximum Gasteiger partial charge on any atom is 0.416 e. The molecule has 1 saturated heterocycles. The molecule has 0 radical (unpaired) electrons. The molecule has 1 N–H and O–H groups in total. The summed E-state index contributed by atoms with van der Waals surface area (Å²) in [6.07, 6.45) is -4.22. The van der Waals surface area contributed by atoms with Crippen LogP contribution in [0, 0.1) is 0 Å². The van der Waals surface area contributed by atoms with Crippen molar-refractivity contribution in [1.29, 1.82) is 0 Å². The Bertz CT molecular complexity index is 728. The Hall–Kier alpha value is -1.97. The first-order valence-corrected chi connectivity index (χ1v) is 7.71. The Morgan fingerprint density at radius 3 is 2.56 bits per heavy atom. The maximum absolute atomic E-state index is 12.6. The fraction of sp³-hybridized carbons (Fsp3) is 0.500. The van der Waals surface area contributed by atoms with Gasteiger partial charge in [0.05, 0.1) is 24.9 Å². The van der Waals surface area contributed by atoms with Crippen LogP contribution in [0.4, 0.5) is 13.2 Å². The Labute approximate surface area is 142 Å². The van der Waals surface area contributed by atoms with Crippen LogP contribution in [-0.2, 0) is 22.2 Å². The topological polar surface area (TPSA) is 69.4 Å². The minimum Gasteiger partial charge on any atom is -0.382 e. The summed E-state index contributed by atoms with van der Waals surface area (Å²) in [5.74, 6) is -0.645. The SMILES string of the molecule is CC1(C)OCC(Cn2cc(C(O)c3ccc(C(F)(F)F)cc3)nn2)O1. The summed E-state index contributed by atoms with van der Waals surface area (Å²) in [6.45, 7) is 4.45. The number of benzene rings is 1. The summed E-state index contributed by atoms with van der Waals surface area (Å²) in [4.78, 5) is 0. The first kappa shape index (κ1) is 17.8. The summed E-state index contributed by atoms with van der Waals surface area (Å²) in [5, 5.41) is 18.1. The summed E-state index contributed by atoms with van der Waals surface area (Å²) in [6, 6.07) is 4.30. The zero-order chi connectivity index (χ0) is 18.2. The molecule has 0 saturated carbocycles. The second-order valence-electron chi connectivity index (χ2n) is 6.34. The van der Waals surface area contributed by atoms with Crippen LogP contribution < -0.4 is 0 Å². The van der Waals surface area contributed by atoms with E-state index in [1.165, 1.54) is 23.0 Å². The summed E-state index contributed by atoms with van der Waals surface area (Å²) in [5.41, 5.74) is -0.215. The highest BCUT2D eigenvalue weighted by atomic mass is 19.4. The van der Waals surface area contributed by atoms with Gasteiger partial charge in [-0.1, -0.05) is 17.3 Å². The van der Waals surface area contributed by atoms with Crippen molar-refractivity contribution < 1.29 is 27.8 Å². The lowest BCUT2D eigenvalue weighted by Crippen LogP contribution is -2.24. The van der Waals surface area contributed by atoms with E-state index in [1.807, 2.05) is 13.8 Å². The highest BCUT2D eigenvalue weighted by Crippen LogP contribution is 2.30. The van der Waals surface area contributed by atoms with E-state index in [0.717, 1.165) is 12.1 Å². The van der Waals surface area contributed by atoms with E-state index in [0.29, 0.717) is 18.7 Å². The second-order valence-corrected chi connectivity index (χ2v) is 6.34. The molecule has 2 aromatic rings. The Kier molecular flexibility index (Phi) is 4.56. The molecule has 0 amide bonds. The van der Waals surface area contributed by atoms with Crippen molar-refractivity contribution in [2.75, 3.05) is 6.61 Å². The van der Waals surface area contributed by atoms with Gasteiger partial charge in [0.25, 0.3) is 0 Å². The monoisotopic (exact) mass is 357 g/mol. The highest BCUT2D eigenvalue weighted by Gasteiger charge is 2.33. The van der Waals surface area contributed by atoms with Crippen LogP contribution >= 0.6 is 0 Å². The van der Waals surface area contributed by atoms with Gasteiger partial charge in [-0.05, 0) is 31.5 Å². The first-order chi connectivity index (χ1) is 11.6. The molecule has 25 heavy (non-hydrogen) atoms. The lowest BCUT2D eigenvalue weighted by Gasteiger charge is -2.16. The van der Waals surface area contributed by atoms with Gasteiger partial charge in [0.2, 0.25) is 0 Å². The number of aliphatic hydroxyl groups excluding tert-OH is 1. The van der Waals surface area contributed by atoms with Gasteiger partial charge in [0.1, 0.15) is 17.9 Å². The number of aromatic nitrogens is 3. The third-order valence-corrected chi connectivity index (χ3v) is 3.85. The van der Waals surface area contributed by atoms with Gasteiger partial charge in [-0.25, -0.2) is 4.68 Å². The lowest BCUT2D eigenvalue weighted by molar-refractivity contribution is -0.140. The van der Waals surface area contributed by atoms with Crippen molar-refractivity contribution in [3.63, 3.8) is 0 Å². The van der Waals surface area contributed by atoms with Crippen LogP contribution in [0.25, 0.3) is 0 Å². The molecule has 0 spiro atoms. The molecule has 1 aromatic heterocycles. The fourth-order valence-electron chi connectivity index (χ4n) is 2.61. The number of hydrogen-bond acceptors (Lipinski definition) is 5. The van der Waals surface area contributed by atoms with E-state index >= 15 is 0 Å². The summed E-state index contributed by atoms with van der Waals surface area (Å²) >= 11 is 0. The van der Waals surface area contributed by atoms with Gasteiger partial charge in [0.15, 0.2) is 5.79 Å². The van der Waals surface area contributed by atoms with Crippen molar-refractivity contribution in [2.24, 2.45) is 0 Å². The van der Waals surface area contributed by atoms with Crippen molar-refractivity contribution in [2.45, 2.75) is 44.6 Å². The van der Waals surface area contributed by atoms with E-state index in [2.05, 4.69) is 10.3 Å². The molecule has 1 aromatic carbocycles. The van der Waals surface area contributed by atoms with Gasteiger partial charge in [-0.2, -0.15) is 13.2 Å². The molecule has 0 aliphatic carbocycles. The number of aliphatic hydroxyl groups is 1. The van der Waals surface area contributed by atoms with Gasteiger partial charge < -0.3 is 14.6 Å². The molecule has 2 atom stereocenters. The lowest BCUT2D eigenvalue weighted by atomic mass is 10.0. The van der Waals surface area contributed by atoms with Crippen LogP contribution in [0.2, 0.25) is 0 Å². The number of nitrogens with zero attached hydrogens (tertiary/aromatic N) is 3. The van der Waals surface area contributed by atoms with Gasteiger partial charge >= 0.3 is 6.18 Å². The summed E-state index contributed by atoms with van der Waals surface area (Å²) < 4.78 is 50.4. The molecule has 1 fully saturated rings. The van der Waals surface area contributed by atoms with Crippen molar-refractivity contribution in [3.05, 3.63) is 47.3 Å². The molecule has 2 unspecified atom stereocenters. The average molecular weight is 357 g/mol. The maximum atomic E-state index is 12.6. The minimum absolute atomic E-state index is 0.187. The Balaban J connectivity index is 1.67. The van der Waals surface area contributed by atoms with E-state index in [1.54, 1.807) is 0 Å². The largest absolute Gasteiger partial charge is 0.416 e. The normalized spacial score (nSPS) is 21.4. The van der Waals surface area contributed by atoms with Crippen LogP contribution in [0.15, 0.2) is 30.5 Å². The van der Waals surface area contributed by atoms with Gasteiger partial charge in [0, 0.05) is 0 Å². The van der Waals surface area contributed by atoms with Gasteiger partial charge in [-0.15, -0.1) is 5.10 Å². The van der Waals surface area contributed by atoms with E-state index in [9.17, 15) is 18.3 Å². The second kappa shape index (κ2) is 6.40. The number of alkyl halides is 3. The fourth-order valence-corrected chi connectivity index (χ4v) is 2.61. The standard InChI is InChI=1S/C16H18F3N3O3/c1-15(2)24-9-12(25-15)7-22-8-13(20-21-22)14(23)10-3-5-11(6-4-10)16(17,18)19/h3-6,8,12,14,23H,7,9H2,1-2H3. The van der Waals surface area contributed by atoms with E-state index < -0.39 is 23.6 Å². The Morgan fingerprint density at radius 1 is 1.32 bits per heavy atom. The molecule has 1 aliphatic heterocycles. The zero-order valence-electron chi connectivity index (χ0n) is 13.7. The van der Waals surface area contributed by atoms with Gasteiger partial charge in [-0.3, -0.25) is 0 Å². The summed E-state index contributed by atoms with van der Waals surface area (Å²) in [7, 11) is 0. The van der Waals surface area contributed by atoms with E-state index in [-0.39, 0.29) is 11.8 Å². The number of ether oxygens (including phenoxy) is 2. The quantitative estimate of drug-likeness (QED) is 0.911. The number of halogens is 3. The zero-order valence-corrected chi connectivity index (χ0v) is 13.7.